The Kier molecular flexibility index (Phi) is 4.10. The van der Waals surface area contributed by atoms with Crippen LogP contribution in [-0.4, -0.2) is 22.6 Å². The van der Waals surface area contributed by atoms with Crippen LogP contribution in [0.2, 0.25) is 0 Å². The monoisotopic (exact) mass is 309 g/mol. The van der Waals surface area contributed by atoms with E-state index in [1.165, 1.54) is 0 Å². The van der Waals surface area contributed by atoms with Crippen molar-refractivity contribution in [3.05, 3.63) is 47.2 Å². The Morgan fingerprint density at radius 3 is 2.65 bits per heavy atom. The molecule has 5 heteroatoms. The predicted octanol–water partition coefficient (Wildman–Crippen LogP) is 3.65. The number of pyridine rings is 1. The summed E-state index contributed by atoms with van der Waals surface area (Å²) in [6.07, 6.45) is 0.882. The average molecular weight is 309 g/mol. The van der Waals surface area contributed by atoms with E-state index >= 15 is 0 Å². The second kappa shape index (κ2) is 6.20. The Morgan fingerprint density at radius 2 is 1.96 bits per heavy atom. The van der Waals surface area contributed by atoms with Crippen molar-refractivity contribution in [1.29, 1.82) is 0 Å². The summed E-state index contributed by atoms with van der Waals surface area (Å²) < 4.78 is 5.37. The highest BCUT2D eigenvalue weighted by atomic mass is 16.5. The molecular weight excluding hydrogens is 290 g/mol. The van der Waals surface area contributed by atoms with Crippen LogP contribution in [0, 0.1) is 13.8 Å². The predicted molar refractivity (Wildman–Crippen MR) is 89.3 cm³/mol. The first kappa shape index (κ1) is 15.2. The van der Waals surface area contributed by atoms with Crippen molar-refractivity contribution in [3.8, 4) is 11.3 Å². The molecular formula is C18H19N3O2. The van der Waals surface area contributed by atoms with Crippen molar-refractivity contribution >= 4 is 17.0 Å². The number of carbonyl (C=O) groups excluding carboxylic acids is 1. The van der Waals surface area contributed by atoms with E-state index in [-0.39, 0.29) is 5.91 Å². The molecule has 0 radical (unpaired) electrons. The summed E-state index contributed by atoms with van der Waals surface area (Å²) in [4.78, 5) is 16.9. The van der Waals surface area contributed by atoms with Gasteiger partial charge in [-0.1, -0.05) is 41.9 Å². The van der Waals surface area contributed by atoms with E-state index in [2.05, 4.69) is 15.5 Å². The molecule has 0 saturated heterocycles. The first-order valence-corrected chi connectivity index (χ1v) is 7.72. The lowest BCUT2D eigenvalue weighted by atomic mass is 10.0. The van der Waals surface area contributed by atoms with E-state index < -0.39 is 0 Å². The highest BCUT2D eigenvalue weighted by Gasteiger charge is 2.20. The van der Waals surface area contributed by atoms with Crippen molar-refractivity contribution in [1.82, 2.24) is 15.5 Å². The molecule has 0 saturated carbocycles. The first-order chi connectivity index (χ1) is 11.1. The summed E-state index contributed by atoms with van der Waals surface area (Å²) in [7, 11) is 0. The lowest BCUT2D eigenvalue weighted by Gasteiger charge is -2.06. The van der Waals surface area contributed by atoms with Gasteiger partial charge in [-0.3, -0.25) is 4.79 Å². The summed E-state index contributed by atoms with van der Waals surface area (Å²) in [5.41, 5.74) is 4.39. The fourth-order valence-corrected chi connectivity index (χ4v) is 2.50. The average Bonchev–Trinajstić information content (AvgIpc) is 2.96. The molecule has 1 N–H and O–H groups in total. The van der Waals surface area contributed by atoms with E-state index in [0.717, 1.165) is 23.2 Å². The molecule has 2 heterocycles. The zero-order chi connectivity index (χ0) is 16.4. The summed E-state index contributed by atoms with van der Waals surface area (Å²) in [5.74, 6) is -0.126. The maximum atomic E-state index is 12.5. The molecule has 0 atom stereocenters. The summed E-state index contributed by atoms with van der Waals surface area (Å²) in [6.45, 7) is 6.51. The van der Waals surface area contributed by atoms with Gasteiger partial charge in [-0.15, -0.1) is 0 Å². The van der Waals surface area contributed by atoms with Crippen LogP contribution in [0.1, 0.15) is 35.0 Å². The number of nitrogens with one attached hydrogen (secondary N) is 1. The molecule has 0 aliphatic heterocycles. The van der Waals surface area contributed by atoms with Gasteiger partial charge in [-0.2, -0.15) is 0 Å². The Bertz CT molecular complexity index is 851. The number of hydrogen-bond donors (Lipinski definition) is 1. The smallest absolute Gasteiger partial charge is 0.259 e. The molecule has 1 aromatic carbocycles. The minimum atomic E-state index is -0.126. The third kappa shape index (κ3) is 2.95. The standard InChI is InChI=1S/C18H19N3O2/c1-4-9-19-17(22)14-10-12(3)20-18-15(14)16(21-23-18)13-7-5-11(2)6-8-13/h5-8,10H,4,9H2,1-3H3,(H,19,22). The Hall–Kier alpha value is -2.69. The van der Waals surface area contributed by atoms with Crippen molar-refractivity contribution in [3.63, 3.8) is 0 Å². The van der Waals surface area contributed by atoms with E-state index in [1.54, 1.807) is 6.07 Å². The highest BCUT2D eigenvalue weighted by Crippen LogP contribution is 2.30. The molecule has 3 aromatic rings. The van der Waals surface area contributed by atoms with Gasteiger partial charge in [-0.25, -0.2) is 4.98 Å². The normalized spacial score (nSPS) is 10.9. The molecule has 0 aliphatic rings. The number of benzene rings is 1. The minimum Gasteiger partial charge on any atom is -0.352 e. The van der Waals surface area contributed by atoms with Gasteiger partial charge in [0.1, 0.15) is 5.69 Å². The van der Waals surface area contributed by atoms with Gasteiger partial charge in [0, 0.05) is 17.8 Å². The van der Waals surface area contributed by atoms with Crippen molar-refractivity contribution in [2.24, 2.45) is 0 Å². The van der Waals surface area contributed by atoms with Crippen molar-refractivity contribution in [2.45, 2.75) is 27.2 Å². The van der Waals surface area contributed by atoms with E-state index in [9.17, 15) is 4.79 Å². The summed E-state index contributed by atoms with van der Waals surface area (Å²) in [5, 5.41) is 7.71. The number of aryl methyl sites for hydroxylation is 2. The van der Waals surface area contributed by atoms with Gasteiger partial charge in [0.15, 0.2) is 0 Å². The third-order valence-electron chi connectivity index (χ3n) is 3.68. The van der Waals surface area contributed by atoms with E-state index in [4.69, 9.17) is 4.52 Å². The Morgan fingerprint density at radius 1 is 1.22 bits per heavy atom. The number of fused-ring (bicyclic) bond motifs is 1. The van der Waals surface area contributed by atoms with Crippen molar-refractivity contribution in [2.75, 3.05) is 6.54 Å². The van der Waals surface area contributed by atoms with Crippen LogP contribution in [0.3, 0.4) is 0 Å². The Labute approximate surface area is 134 Å². The molecule has 3 rings (SSSR count). The second-order valence-corrected chi connectivity index (χ2v) is 5.64. The largest absolute Gasteiger partial charge is 0.352 e. The highest BCUT2D eigenvalue weighted by molar-refractivity contribution is 6.09. The molecule has 118 valence electrons. The van der Waals surface area contributed by atoms with Gasteiger partial charge in [0.25, 0.3) is 11.6 Å². The molecule has 0 spiro atoms. The topological polar surface area (TPSA) is 68.0 Å². The van der Waals surface area contributed by atoms with Crippen LogP contribution >= 0.6 is 0 Å². The van der Waals surface area contributed by atoms with Gasteiger partial charge < -0.3 is 9.84 Å². The molecule has 0 aliphatic carbocycles. The molecule has 2 aromatic heterocycles. The van der Waals surface area contributed by atoms with E-state index in [1.807, 2.05) is 45.0 Å². The lowest BCUT2D eigenvalue weighted by molar-refractivity contribution is 0.0955. The molecule has 0 fully saturated rings. The van der Waals surface area contributed by atoms with Gasteiger partial charge in [0.2, 0.25) is 0 Å². The number of amides is 1. The van der Waals surface area contributed by atoms with Gasteiger partial charge in [0.05, 0.1) is 10.9 Å². The van der Waals surface area contributed by atoms with Gasteiger partial charge >= 0.3 is 0 Å². The fourth-order valence-electron chi connectivity index (χ4n) is 2.50. The second-order valence-electron chi connectivity index (χ2n) is 5.64. The molecule has 0 bridgehead atoms. The quantitative estimate of drug-likeness (QED) is 0.799. The zero-order valence-corrected chi connectivity index (χ0v) is 13.5. The summed E-state index contributed by atoms with van der Waals surface area (Å²) >= 11 is 0. The molecule has 23 heavy (non-hydrogen) atoms. The van der Waals surface area contributed by atoms with Crippen LogP contribution in [0.15, 0.2) is 34.9 Å². The lowest BCUT2D eigenvalue weighted by Crippen LogP contribution is -2.24. The zero-order valence-electron chi connectivity index (χ0n) is 13.5. The SMILES string of the molecule is CCCNC(=O)c1cc(C)nc2onc(-c3ccc(C)cc3)c12. The number of aromatic nitrogens is 2. The summed E-state index contributed by atoms with van der Waals surface area (Å²) in [6, 6.07) is 9.74. The van der Waals surface area contributed by atoms with E-state index in [0.29, 0.717) is 28.9 Å². The van der Waals surface area contributed by atoms with Gasteiger partial charge in [-0.05, 0) is 26.3 Å². The molecule has 0 unspecified atom stereocenters. The number of carbonyl (C=O) groups is 1. The van der Waals surface area contributed by atoms with Crippen LogP contribution in [0.25, 0.3) is 22.4 Å². The minimum absolute atomic E-state index is 0.126. The molecule has 5 nitrogen and oxygen atoms in total. The Balaban J connectivity index is 2.17. The van der Waals surface area contributed by atoms with Crippen LogP contribution < -0.4 is 5.32 Å². The number of nitrogens with zero attached hydrogens (tertiary/aromatic N) is 2. The van der Waals surface area contributed by atoms with Crippen LogP contribution in [0.5, 0.6) is 0 Å². The first-order valence-electron chi connectivity index (χ1n) is 7.72. The van der Waals surface area contributed by atoms with Crippen LogP contribution in [0.4, 0.5) is 0 Å². The maximum Gasteiger partial charge on any atom is 0.259 e. The number of hydrogen-bond acceptors (Lipinski definition) is 4. The van der Waals surface area contributed by atoms with Crippen molar-refractivity contribution < 1.29 is 9.32 Å². The fraction of sp³-hybridized carbons (Fsp3) is 0.278. The van der Waals surface area contributed by atoms with Crippen LogP contribution in [-0.2, 0) is 0 Å². The molecule has 1 amide bonds. The number of rotatable bonds is 4. The maximum absolute atomic E-state index is 12.5. The third-order valence-corrected chi connectivity index (χ3v) is 3.68.